The molecule has 4 heteroatoms. The third kappa shape index (κ3) is 1.68. The summed E-state index contributed by atoms with van der Waals surface area (Å²) in [6, 6.07) is 0. The van der Waals surface area contributed by atoms with E-state index in [0.717, 1.165) is 32.1 Å². The van der Waals surface area contributed by atoms with Crippen LogP contribution >= 0.6 is 0 Å². The predicted octanol–water partition coefficient (Wildman–Crippen LogP) is 3.19. The lowest BCUT2D eigenvalue weighted by molar-refractivity contribution is -0.187. The first-order valence-corrected chi connectivity index (χ1v) is 9.32. The van der Waals surface area contributed by atoms with Crippen molar-refractivity contribution in [3.63, 3.8) is 0 Å². The number of ketones is 1. The van der Waals surface area contributed by atoms with Gasteiger partial charge in [0.05, 0.1) is 11.5 Å². The van der Waals surface area contributed by atoms with Crippen molar-refractivity contribution < 1.29 is 19.8 Å². The fourth-order valence-corrected chi connectivity index (χ4v) is 7.32. The highest BCUT2D eigenvalue weighted by molar-refractivity contribution is 6.03. The van der Waals surface area contributed by atoms with Gasteiger partial charge < -0.3 is 10.2 Å². The normalized spacial score (nSPS) is 53.5. The minimum atomic E-state index is -0.713. The first kappa shape index (κ1) is 16.3. The zero-order valence-corrected chi connectivity index (χ0v) is 14.7. The van der Waals surface area contributed by atoms with Gasteiger partial charge in [-0.25, -0.2) is 0 Å². The molecule has 0 saturated heterocycles. The lowest BCUT2D eigenvalue weighted by Crippen LogP contribution is -2.60. The number of rotatable bonds is 1. The number of aliphatic hydroxyl groups excluding tert-OH is 1. The summed E-state index contributed by atoms with van der Waals surface area (Å²) in [5.41, 5.74) is -0.669. The predicted molar refractivity (Wildman–Crippen MR) is 89.2 cm³/mol. The van der Waals surface area contributed by atoms with Crippen LogP contribution < -0.4 is 0 Å². The second-order valence-corrected chi connectivity index (χ2v) is 9.35. The Morgan fingerprint density at radius 1 is 1.21 bits per heavy atom. The quantitative estimate of drug-likeness (QED) is 0.723. The average molecular weight is 332 g/mol. The highest BCUT2D eigenvalue weighted by Crippen LogP contribution is 2.71. The van der Waals surface area contributed by atoms with E-state index in [1.807, 2.05) is 6.92 Å². The van der Waals surface area contributed by atoms with Crippen molar-refractivity contribution in [3.05, 3.63) is 12.2 Å². The molecule has 0 aromatic rings. The number of hydrogen-bond acceptors (Lipinski definition) is 3. The van der Waals surface area contributed by atoms with Gasteiger partial charge in [0, 0.05) is 11.3 Å². The van der Waals surface area contributed by atoms with Gasteiger partial charge in [0.2, 0.25) is 0 Å². The van der Waals surface area contributed by atoms with Crippen molar-refractivity contribution in [1.82, 2.24) is 0 Å². The maximum atomic E-state index is 13.1. The molecule has 7 atom stereocenters. The van der Waals surface area contributed by atoms with Gasteiger partial charge in [-0.05, 0) is 68.3 Å². The Kier molecular flexibility index (Phi) is 3.21. The van der Waals surface area contributed by atoms with E-state index in [0.29, 0.717) is 18.4 Å². The summed E-state index contributed by atoms with van der Waals surface area (Å²) in [7, 11) is 0. The molecule has 24 heavy (non-hydrogen) atoms. The summed E-state index contributed by atoms with van der Waals surface area (Å²) in [6.07, 6.45) is 4.98. The molecule has 1 spiro atoms. The van der Waals surface area contributed by atoms with E-state index in [2.05, 4.69) is 13.5 Å². The molecule has 4 aliphatic rings. The van der Waals surface area contributed by atoms with Crippen LogP contribution in [0.25, 0.3) is 0 Å². The summed E-state index contributed by atoms with van der Waals surface area (Å²) in [4.78, 5) is 25.1. The fourth-order valence-electron chi connectivity index (χ4n) is 7.32. The Morgan fingerprint density at radius 2 is 1.92 bits per heavy atom. The van der Waals surface area contributed by atoms with Crippen molar-refractivity contribution in [3.8, 4) is 0 Å². The van der Waals surface area contributed by atoms with Crippen molar-refractivity contribution in [2.75, 3.05) is 0 Å². The number of aliphatic carboxylic acids is 1. The summed E-state index contributed by atoms with van der Waals surface area (Å²) in [5.74, 6) is -0.455. The molecule has 4 rings (SSSR count). The molecule has 4 nitrogen and oxygen atoms in total. The molecule has 0 aromatic heterocycles. The maximum absolute atomic E-state index is 13.1. The van der Waals surface area contributed by atoms with Crippen molar-refractivity contribution in [1.29, 1.82) is 0 Å². The molecule has 0 radical (unpaired) electrons. The smallest absolute Gasteiger partial charge is 0.309 e. The standard InChI is InChI=1S/C20H28O4/c1-11-12-10-20(16(11)22)8-5-14-18(2,15(20)9-13(12)21)6-4-7-19(14,3)17(23)24/h12-15,21H,1,4-10H2,2-3H3,(H,23,24). The molecule has 7 unspecified atom stereocenters. The van der Waals surface area contributed by atoms with Gasteiger partial charge in [-0.1, -0.05) is 19.9 Å². The topological polar surface area (TPSA) is 74.6 Å². The molecular weight excluding hydrogens is 304 g/mol. The monoisotopic (exact) mass is 332 g/mol. The molecule has 4 fully saturated rings. The lowest BCUT2D eigenvalue weighted by Gasteiger charge is -2.62. The second-order valence-electron chi connectivity index (χ2n) is 9.35. The van der Waals surface area contributed by atoms with Gasteiger partial charge in [-0.3, -0.25) is 9.59 Å². The van der Waals surface area contributed by atoms with E-state index in [9.17, 15) is 19.8 Å². The lowest BCUT2D eigenvalue weighted by atomic mass is 9.40. The molecule has 0 amide bonds. The van der Waals surface area contributed by atoms with Crippen LogP contribution in [-0.4, -0.2) is 28.1 Å². The van der Waals surface area contributed by atoms with Crippen LogP contribution in [0.5, 0.6) is 0 Å². The molecule has 0 aliphatic heterocycles. The molecule has 132 valence electrons. The van der Waals surface area contributed by atoms with Gasteiger partial charge in [-0.15, -0.1) is 0 Å². The Hall–Kier alpha value is -1.16. The first-order valence-electron chi connectivity index (χ1n) is 9.32. The maximum Gasteiger partial charge on any atom is 0.309 e. The summed E-state index contributed by atoms with van der Waals surface area (Å²) >= 11 is 0. The Balaban J connectivity index is 1.81. The number of carboxylic acid groups (broad SMARTS) is 1. The highest BCUT2D eigenvalue weighted by Gasteiger charge is 2.69. The SMILES string of the molecule is C=C1C(=O)C23CCC4C(C)(C(=O)O)CCCC4(C)C2CC(O)C1C3. The highest BCUT2D eigenvalue weighted by atomic mass is 16.4. The summed E-state index contributed by atoms with van der Waals surface area (Å²) in [5, 5.41) is 20.5. The average Bonchev–Trinajstić information content (AvgIpc) is 2.73. The van der Waals surface area contributed by atoms with Crippen LogP contribution in [0.4, 0.5) is 0 Å². The third-order valence-electron chi connectivity index (χ3n) is 8.52. The van der Waals surface area contributed by atoms with Crippen molar-refractivity contribution in [2.24, 2.45) is 34.0 Å². The molecule has 0 heterocycles. The number of carboxylic acids is 1. The van der Waals surface area contributed by atoms with Crippen LogP contribution in [0.1, 0.15) is 58.8 Å². The van der Waals surface area contributed by atoms with Crippen LogP contribution in [0.15, 0.2) is 12.2 Å². The molecule has 2 bridgehead atoms. The first-order chi connectivity index (χ1) is 11.2. The van der Waals surface area contributed by atoms with E-state index < -0.39 is 17.5 Å². The van der Waals surface area contributed by atoms with Crippen molar-refractivity contribution >= 4 is 11.8 Å². The number of hydrogen-bond donors (Lipinski definition) is 2. The summed E-state index contributed by atoms with van der Waals surface area (Å²) in [6.45, 7) is 8.09. The van der Waals surface area contributed by atoms with Crippen LogP contribution in [0.2, 0.25) is 0 Å². The van der Waals surface area contributed by atoms with E-state index in [4.69, 9.17) is 0 Å². The van der Waals surface area contributed by atoms with Crippen molar-refractivity contribution in [2.45, 2.75) is 64.9 Å². The van der Waals surface area contributed by atoms with Gasteiger partial charge in [-0.2, -0.15) is 0 Å². The molecule has 2 N–H and O–H groups in total. The Morgan fingerprint density at radius 3 is 2.58 bits per heavy atom. The van der Waals surface area contributed by atoms with Crippen LogP contribution in [0, 0.1) is 34.0 Å². The third-order valence-corrected chi connectivity index (χ3v) is 8.52. The number of fused-ring (bicyclic) bond motifs is 3. The number of carbonyl (C=O) groups is 2. The fraction of sp³-hybridized carbons (Fsp3) is 0.800. The molecule has 4 saturated carbocycles. The van der Waals surface area contributed by atoms with Gasteiger partial charge in [0.25, 0.3) is 0 Å². The minimum Gasteiger partial charge on any atom is -0.481 e. The Labute approximate surface area is 143 Å². The molecule has 4 aliphatic carbocycles. The van der Waals surface area contributed by atoms with E-state index in [-0.39, 0.29) is 34.4 Å². The Bertz CT molecular complexity index is 640. The van der Waals surface area contributed by atoms with E-state index in [1.165, 1.54) is 0 Å². The zero-order chi connectivity index (χ0) is 17.5. The number of aliphatic hydroxyl groups is 1. The minimum absolute atomic E-state index is 0.0802. The van der Waals surface area contributed by atoms with Crippen LogP contribution in [-0.2, 0) is 9.59 Å². The molecule has 0 aromatic carbocycles. The second kappa shape index (κ2) is 4.72. The number of Topliss-reactive ketones (excluding diaryl/α,β-unsaturated/α-hetero) is 1. The largest absolute Gasteiger partial charge is 0.481 e. The van der Waals surface area contributed by atoms with E-state index >= 15 is 0 Å². The molecular formula is C20H28O4. The number of carbonyl (C=O) groups excluding carboxylic acids is 1. The zero-order valence-electron chi connectivity index (χ0n) is 14.7. The van der Waals surface area contributed by atoms with Gasteiger partial charge in [0.15, 0.2) is 5.78 Å². The van der Waals surface area contributed by atoms with Crippen LogP contribution in [0.3, 0.4) is 0 Å². The van der Waals surface area contributed by atoms with Gasteiger partial charge in [0.1, 0.15) is 0 Å². The van der Waals surface area contributed by atoms with Gasteiger partial charge >= 0.3 is 5.97 Å². The summed E-state index contributed by atoms with van der Waals surface area (Å²) < 4.78 is 0. The van der Waals surface area contributed by atoms with E-state index in [1.54, 1.807) is 0 Å².